The maximum atomic E-state index is 12.5. The summed E-state index contributed by atoms with van der Waals surface area (Å²) in [7, 11) is 0. The fourth-order valence-corrected chi connectivity index (χ4v) is 9.21. The van der Waals surface area contributed by atoms with Crippen molar-refractivity contribution >= 4 is 68.9 Å². The van der Waals surface area contributed by atoms with Gasteiger partial charge in [0.25, 0.3) is 0 Å². The van der Waals surface area contributed by atoms with Gasteiger partial charge in [0, 0.05) is 94.9 Å². The third-order valence-electron chi connectivity index (χ3n) is 10.5. The Balaban J connectivity index is 0.000000208. The lowest BCUT2D eigenvalue weighted by molar-refractivity contribution is -0.135. The number of carbonyl (C=O) groups excluding carboxylic acids is 4. The highest BCUT2D eigenvalue weighted by molar-refractivity contribution is 7.15. The van der Waals surface area contributed by atoms with Crippen LogP contribution in [-0.4, -0.2) is 119 Å². The SMILES string of the molecule is C=CC(=O)Cl.C=CC(=O)N1CCC[C@H]1C(=O)NCCNc1cc(Cc2ncc(-c3ccncc3)s2)nc(C)n1.Cc1nc(Cc2ncc(-c3ccncc3)s2)cc(NCCNC(=O)[C@@H]2CCCN2)n1. The van der Waals surface area contributed by atoms with Crippen LogP contribution >= 0.6 is 34.3 Å². The number of likely N-dealkylation sites (tertiary alicyclic amines) is 1. The second-order valence-electron chi connectivity index (χ2n) is 15.6. The van der Waals surface area contributed by atoms with E-state index in [9.17, 15) is 19.2 Å². The van der Waals surface area contributed by atoms with Crippen LogP contribution in [0.3, 0.4) is 0 Å². The van der Waals surface area contributed by atoms with Gasteiger partial charge in [-0.2, -0.15) is 0 Å². The summed E-state index contributed by atoms with van der Waals surface area (Å²) in [6.07, 6.45) is 17.9. The molecule has 0 saturated carbocycles. The summed E-state index contributed by atoms with van der Waals surface area (Å²) in [6, 6.07) is 11.3. The summed E-state index contributed by atoms with van der Waals surface area (Å²) >= 11 is 7.99. The van der Waals surface area contributed by atoms with Crippen molar-refractivity contribution in [3.05, 3.63) is 132 Å². The monoisotopic (exact) mass is 990 g/mol. The van der Waals surface area contributed by atoms with Crippen LogP contribution in [0, 0.1) is 13.8 Å². The minimum atomic E-state index is -0.509. The van der Waals surface area contributed by atoms with E-state index >= 15 is 0 Å². The number of aromatic nitrogens is 8. The first-order valence-electron chi connectivity index (χ1n) is 22.4. The van der Waals surface area contributed by atoms with Crippen LogP contribution in [0.25, 0.3) is 20.9 Å². The van der Waals surface area contributed by atoms with E-state index in [1.807, 2.05) is 62.6 Å². The summed E-state index contributed by atoms with van der Waals surface area (Å²) in [4.78, 5) is 84.9. The third-order valence-corrected chi connectivity index (χ3v) is 12.7. The summed E-state index contributed by atoms with van der Waals surface area (Å²) in [5, 5.41) is 17.1. The summed E-state index contributed by atoms with van der Waals surface area (Å²) in [6.45, 7) is 13.9. The van der Waals surface area contributed by atoms with E-state index in [0.717, 1.165) is 80.0 Å². The molecule has 0 aliphatic carbocycles. The molecule has 8 heterocycles. The second-order valence-corrected chi connectivity index (χ2v) is 18.2. The van der Waals surface area contributed by atoms with Gasteiger partial charge in [0.05, 0.1) is 37.2 Å². The fourth-order valence-electron chi connectivity index (χ4n) is 7.34. The Morgan fingerprint density at radius 1 is 0.725 bits per heavy atom. The maximum absolute atomic E-state index is 12.5. The quantitative estimate of drug-likeness (QED) is 0.0394. The van der Waals surface area contributed by atoms with Gasteiger partial charge in [0.15, 0.2) is 0 Å². The van der Waals surface area contributed by atoms with Crippen LogP contribution in [0.4, 0.5) is 11.6 Å². The van der Waals surface area contributed by atoms with E-state index in [4.69, 9.17) is 11.6 Å². The highest BCUT2D eigenvalue weighted by Crippen LogP contribution is 2.28. The third kappa shape index (κ3) is 16.4. The highest BCUT2D eigenvalue weighted by Gasteiger charge is 2.32. The molecule has 360 valence electrons. The van der Waals surface area contributed by atoms with Crippen LogP contribution < -0.4 is 26.6 Å². The highest BCUT2D eigenvalue weighted by atomic mass is 35.5. The molecule has 2 aliphatic heterocycles. The van der Waals surface area contributed by atoms with Gasteiger partial charge in [-0.1, -0.05) is 13.2 Å². The van der Waals surface area contributed by atoms with Crippen molar-refractivity contribution < 1.29 is 19.2 Å². The number of thiazole rings is 2. The normalized spacial score (nSPS) is 14.9. The van der Waals surface area contributed by atoms with Gasteiger partial charge in [-0.15, -0.1) is 22.7 Å². The molecule has 2 aliphatic rings. The van der Waals surface area contributed by atoms with Gasteiger partial charge in [-0.3, -0.25) is 29.1 Å². The van der Waals surface area contributed by atoms with Gasteiger partial charge < -0.3 is 31.5 Å². The van der Waals surface area contributed by atoms with E-state index < -0.39 is 11.3 Å². The molecule has 0 unspecified atom stereocenters. The van der Waals surface area contributed by atoms with Crippen molar-refractivity contribution in [1.29, 1.82) is 0 Å². The minimum absolute atomic E-state index is 0.0479. The van der Waals surface area contributed by atoms with Crippen molar-refractivity contribution in [3.63, 3.8) is 0 Å². The van der Waals surface area contributed by atoms with E-state index in [2.05, 4.69) is 79.6 Å². The average Bonchev–Trinajstić information content (AvgIpc) is 4.22. The predicted octanol–water partition coefficient (Wildman–Crippen LogP) is 5.71. The number of hydrogen-bond acceptors (Lipinski definition) is 17. The number of carbonyl (C=O) groups is 4. The first-order valence-corrected chi connectivity index (χ1v) is 24.4. The first kappa shape index (κ1) is 51.5. The van der Waals surface area contributed by atoms with Crippen molar-refractivity contribution in [2.75, 3.05) is 49.9 Å². The van der Waals surface area contributed by atoms with Crippen LogP contribution in [-0.2, 0) is 32.0 Å². The topological polar surface area (TPSA) is 235 Å². The lowest BCUT2D eigenvalue weighted by Gasteiger charge is -2.22. The fraction of sp³-hybridized carbons (Fsp3) is 0.333. The van der Waals surface area contributed by atoms with Gasteiger partial charge >= 0.3 is 0 Å². The van der Waals surface area contributed by atoms with Crippen molar-refractivity contribution in [2.45, 2.75) is 64.5 Å². The largest absolute Gasteiger partial charge is 0.368 e. The van der Waals surface area contributed by atoms with E-state index in [1.165, 1.54) is 6.08 Å². The molecule has 6 aromatic heterocycles. The predicted molar refractivity (Wildman–Crippen MR) is 270 cm³/mol. The van der Waals surface area contributed by atoms with Crippen LogP contribution in [0.1, 0.15) is 58.7 Å². The van der Waals surface area contributed by atoms with Gasteiger partial charge in [0.2, 0.25) is 23.0 Å². The molecule has 21 heteroatoms. The average molecular weight is 992 g/mol. The molecule has 18 nitrogen and oxygen atoms in total. The molecule has 0 aromatic carbocycles. The number of nitrogens with one attached hydrogen (secondary N) is 5. The molecular weight excluding hydrogens is 936 g/mol. The molecule has 2 saturated heterocycles. The Kier molecular flexibility index (Phi) is 19.9. The summed E-state index contributed by atoms with van der Waals surface area (Å²) < 4.78 is 0. The zero-order valence-electron chi connectivity index (χ0n) is 38.5. The van der Waals surface area contributed by atoms with Crippen LogP contribution in [0.15, 0.2) is 98.9 Å². The molecule has 2 fully saturated rings. The first-order chi connectivity index (χ1) is 33.5. The molecule has 0 bridgehead atoms. The standard InChI is InChI=1S/C24H27N7O2S.C21H25N7OS.C3H3ClO/c1-3-23(32)31-12-4-5-19(31)24(33)27-11-10-26-21-13-18(29-16(2)30-21)14-22-28-15-20(34-22)17-6-8-25-9-7-17;1-14-27-16(12-20-26-13-18(30-20)15-4-7-22-8-5-15)11-19(28-14)24-9-10-25-21(29)17-3-2-6-23-17;1-2-3(4)5/h3,6-9,13,15,19H,1,4-5,10-12,14H2,2H3,(H,27,33)(H,26,29,30);4-5,7-8,11,13,17,23H,2-3,6,9-10,12H2,1H3,(H,25,29)(H,24,27,28);2H,1H2/t19-;17-;/m00./s1. The Bertz CT molecular complexity index is 2660. The van der Waals surface area contributed by atoms with Gasteiger partial charge in [-0.05, 0) is 105 Å². The molecule has 8 rings (SSSR count). The summed E-state index contributed by atoms with van der Waals surface area (Å²) in [5.41, 5.74) is 4.00. The Morgan fingerprint density at radius 3 is 1.70 bits per heavy atom. The molecule has 69 heavy (non-hydrogen) atoms. The van der Waals surface area contributed by atoms with Gasteiger partial charge in [-0.25, -0.2) is 29.9 Å². The van der Waals surface area contributed by atoms with Crippen LogP contribution in [0.5, 0.6) is 0 Å². The second kappa shape index (κ2) is 26.6. The Labute approximate surface area is 414 Å². The molecule has 2 atom stereocenters. The lowest BCUT2D eigenvalue weighted by atomic mass is 10.2. The number of pyridine rings is 2. The Hall–Kier alpha value is -6.87. The van der Waals surface area contributed by atoms with E-state index in [0.29, 0.717) is 69.5 Å². The lowest BCUT2D eigenvalue weighted by Crippen LogP contribution is -2.46. The number of halogens is 1. The number of hydrogen-bond donors (Lipinski definition) is 5. The van der Waals surface area contributed by atoms with Crippen LogP contribution in [0.2, 0.25) is 0 Å². The number of anilines is 2. The minimum Gasteiger partial charge on any atom is -0.368 e. The van der Waals surface area contributed by atoms with E-state index in [1.54, 1.807) is 52.4 Å². The number of nitrogens with zero attached hydrogens (tertiary/aromatic N) is 9. The molecule has 5 N–H and O–H groups in total. The summed E-state index contributed by atoms with van der Waals surface area (Å²) in [5.74, 6) is 2.57. The molecule has 0 radical (unpaired) electrons. The van der Waals surface area contributed by atoms with Crippen molar-refractivity contribution in [3.8, 4) is 20.9 Å². The number of rotatable bonds is 18. The molecule has 0 spiro atoms. The zero-order valence-corrected chi connectivity index (χ0v) is 40.9. The zero-order chi connectivity index (χ0) is 49.0. The number of allylic oxidation sites excluding steroid dienone is 1. The maximum Gasteiger partial charge on any atom is 0.246 e. The number of amides is 3. The van der Waals surface area contributed by atoms with Crippen molar-refractivity contribution in [1.82, 2.24) is 60.7 Å². The number of aryl methyl sites for hydroxylation is 2. The molecule has 3 amide bonds. The molecule has 6 aromatic rings. The Morgan fingerprint density at radius 2 is 1.23 bits per heavy atom. The van der Waals surface area contributed by atoms with E-state index in [-0.39, 0.29) is 23.8 Å². The van der Waals surface area contributed by atoms with Crippen molar-refractivity contribution in [2.24, 2.45) is 0 Å². The molecular formula is C48H55ClN14O4S2. The smallest absolute Gasteiger partial charge is 0.246 e. The van der Waals surface area contributed by atoms with Gasteiger partial charge in [0.1, 0.15) is 29.3 Å².